The molecule has 0 spiro atoms. The normalized spacial score (nSPS) is 16.0. The lowest BCUT2D eigenvalue weighted by Gasteiger charge is -2.21. The number of rotatable bonds is 2. The summed E-state index contributed by atoms with van der Waals surface area (Å²) >= 11 is 0. The van der Waals surface area contributed by atoms with Crippen molar-refractivity contribution in [3.8, 4) is 0 Å². The number of hydrogen-bond donors (Lipinski definition) is 1. The Labute approximate surface area is 154 Å². The Morgan fingerprint density at radius 2 is 1.54 bits per heavy atom. The molecule has 1 fully saturated rings. The summed E-state index contributed by atoms with van der Waals surface area (Å²) in [5.74, 6) is 4.91. The maximum Gasteiger partial charge on any atom is 0.199 e. The highest BCUT2D eigenvalue weighted by Crippen LogP contribution is 2.29. The number of aromatic nitrogens is 1. The van der Waals surface area contributed by atoms with E-state index in [4.69, 9.17) is 15.3 Å². The molecule has 1 saturated heterocycles. The van der Waals surface area contributed by atoms with Crippen LogP contribution < -0.4 is 10.5 Å². The zero-order valence-corrected chi connectivity index (χ0v) is 16.2. The fourth-order valence-corrected chi connectivity index (χ4v) is 3.89. The Hall–Kier alpha value is -2.00. The zero-order chi connectivity index (χ0) is 19.5. The van der Waals surface area contributed by atoms with E-state index in [-0.39, 0.29) is 4.90 Å². The molecule has 2 aromatic rings. The molecule has 1 aromatic heterocycles. The van der Waals surface area contributed by atoms with E-state index in [1.165, 1.54) is 4.68 Å². The van der Waals surface area contributed by atoms with E-state index in [1.54, 1.807) is 38.4 Å². The smallest absolute Gasteiger partial charge is 0.199 e. The molecule has 0 amide bonds. The van der Waals surface area contributed by atoms with Gasteiger partial charge in [-0.1, -0.05) is 22.4 Å². The average molecular weight is 380 g/mol. The van der Waals surface area contributed by atoms with Gasteiger partial charge in [-0.2, -0.15) is 0 Å². The fourth-order valence-electron chi connectivity index (χ4n) is 2.98. The topological polar surface area (TPSA) is 106 Å². The monoisotopic (exact) mass is 380 g/mol. The van der Waals surface area contributed by atoms with E-state index in [9.17, 15) is 13.0 Å². The summed E-state index contributed by atoms with van der Waals surface area (Å²) in [5.41, 5.74) is 2.99. The number of nitrogens with two attached hydrogens (primary N) is 1. The highest BCUT2D eigenvalue weighted by Gasteiger charge is 2.33. The number of hydrogen-bond acceptors (Lipinski definition) is 6. The second kappa shape index (κ2) is 7.71. The third-order valence-electron chi connectivity index (χ3n) is 4.07. The molecule has 0 radical (unpaired) electrons. The van der Waals surface area contributed by atoms with Gasteiger partial charge in [-0.15, -0.1) is 0 Å². The third-order valence-corrected chi connectivity index (χ3v) is 5.21. The van der Waals surface area contributed by atoms with Crippen LogP contribution in [0.25, 0.3) is 0 Å². The van der Waals surface area contributed by atoms with Gasteiger partial charge in [0.1, 0.15) is 10.1 Å². The highest BCUT2D eigenvalue weighted by atomic mass is 32.2. The second-order valence-corrected chi connectivity index (χ2v) is 7.68. The van der Waals surface area contributed by atoms with Crippen LogP contribution in [0.3, 0.4) is 0 Å². The summed E-state index contributed by atoms with van der Waals surface area (Å²) in [6.45, 7) is 8.33. The molecule has 0 aliphatic carbocycles. The van der Waals surface area contributed by atoms with E-state index < -0.39 is 15.9 Å². The van der Waals surface area contributed by atoms with Gasteiger partial charge in [0.2, 0.25) is 0 Å². The first-order valence-corrected chi connectivity index (χ1v) is 9.52. The minimum absolute atomic E-state index is 0.0851. The van der Waals surface area contributed by atoms with Gasteiger partial charge < -0.3 is 14.0 Å². The minimum Gasteiger partial charge on any atom is -0.744 e. The van der Waals surface area contributed by atoms with Gasteiger partial charge in [0.15, 0.2) is 18.2 Å². The second-order valence-electron chi connectivity index (χ2n) is 6.36. The van der Waals surface area contributed by atoms with Crippen molar-refractivity contribution >= 4 is 10.1 Å². The predicted octanol–water partition coefficient (Wildman–Crippen LogP) is 1.42. The van der Waals surface area contributed by atoms with E-state index in [2.05, 4.69) is 0 Å². The van der Waals surface area contributed by atoms with Crippen molar-refractivity contribution in [3.63, 3.8) is 0 Å². The molecule has 26 heavy (non-hydrogen) atoms. The van der Waals surface area contributed by atoms with Crippen molar-refractivity contribution in [2.75, 3.05) is 19.1 Å². The molecule has 1 aromatic carbocycles. The Balaban J connectivity index is 0.000000187. The first kappa shape index (κ1) is 20.3. The Kier molecular flexibility index (Phi) is 6.02. The minimum atomic E-state index is -4.33. The summed E-state index contributed by atoms with van der Waals surface area (Å²) in [7, 11) is -4.33. The average Bonchev–Trinajstić information content (AvgIpc) is 2.94. The molecule has 1 aliphatic heterocycles. The summed E-state index contributed by atoms with van der Waals surface area (Å²) < 4.78 is 45.0. The van der Waals surface area contributed by atoms with E-state index in [0.29, 0.717) is 24.3 Å². The fraction of sp³-hybridized carbons (Fsp3) is 0.389. The summed E-state index contributed by atoms with van der Waals surface area (Å²) in [6, 6.07) is 7.17. The molecule has 8 heteroatoms. The number of aryl methyl sites for hydroxylation is 3. The molecule has 0 bridgehead atoms. The van der Waals surface area contributed by atoms with Crippen LogP contribution in [0.2, 0.25) is 0 Å². The lowest BCUT2D eigenvalue weighted by molar-refractivity contribution is -0.639. The van der Waals surface area contributed by atoms with Gasteiger partial charge in [0, 0.05) is 17.7 Å². The highest BCUT2D eigenvalue weighted by molar-refractivity contribution is 7.85. The molecular formula is C18H24N2O5S. The van der Waals surface area contributed by atoms with Crippen LogP contribution in [-0.4, -0.2) is 26.2 Å². The van der Waals surface area contributed by atoms with Crippen molar-refractivity contribution in [1.82, 2.24) is 0 Å². The lowest BCUT2D eigenvalue weighted by atomic mass is 10.1. The van der Waals surface area contributed by atoms with E-state index in [0.717, 1.165) is 11.1 Å². The Morgan fingerprint density at radius 3 is 1.96 bits per heavy atom. The van der Waals surface area contributed by atoms with Crippen molar-refractivity contribution < 1.29 is 27.1 Å². The molecule has 0 unspecified atom stereocenters. The van der Waals surface area contributed by atoms with Crippen LogP contribution in [0, 0.1) is 20.8 Å². The van der Waals surface area contributed by atoms with Gasteiger partial charge in [0.25, 0.3) is 0 Å². The molecule has 0 saturated carbocycles. The van der Waals surface area contributed by atoms with Crippen molar-refractivity contribution in [1.29, 1.82) is 0 Å². The summed E-state index contributed by atoms with van der Waals surface area (Å²) in [5, 5.41) is 0. The van der Waals surface area contributed by atoms with Crippen LogP contribution in [0.4, 0.5) is 0 Å². The SMILES string of the molecule is CC1(c2cc[n+](N)cc2)OCCO1.Cc1cc(C)c(S(=O)(=O)[O-])c(C)c1. The summed E-state index contributed by atoms with van der Waals surface area (Å²) in [6.07, 6.45) is 3.54. The van der Waals surface area contributed by atoms with Crippen LogP contribution in [0.1, 0.15) is 29.2 Å². The third kappa shape index (κ3) is 4.79. The number of nitrogen functional groups attached to an aromatic ring is 1. The molecule has 2 heterocycles. The first-order chi connectivity index (χ1) is 12.0. The van der Waals surface area contributed by atoms with E-state index >= 15 is 0 Å². The van der Waals surface area contributed by atoms with Crippen molar-refractivity contribution in [2.45, 2.75) is 38.4 Å². The van der Waals surface area contributed by atoms with Gasteiger partial charge >= 0.3 is 0 Å². The van der Waals surface area contributed by atoms with E-state index in [1.807, 2.05) is 26.0 Å². The molecule has 3 rings (SSSR count). The Bertz CT molecular complexity index is 850. The number of benzene rings is 1. The first-order valence-electron chi connectivity index (χ1n) is 8.11. The molecule has 0 atom stereocenters. The van der Waals surface area contributed by atoms with Crippen LogP contribution in [0.15, 0.2) is 41.6 Å². The van der Waals surface area contributed by atoms with Gasteiger partial charge in [-0.25, -0.2) is 14.3 Å². The number of pyridine rings is 1. The maximum absolute atomic E-state index is 10.8. The van der Waals surface area contributed by atoms with Crippen molar-refractivity contribution in [2.24, 2.45) is 0 Å². The predicted molar refractivity (Wildman–Crippen MR) is 94.7 cm³/mol. The van der Waals surface area contributed by atoms with Gasteiger partial charge in [-0.3, -0.25) is 0 Å². The largest absolute Gasteiger partial charge is 0.744 e. The van der Waals surface area contributed by atoms with Crippen LogP contribution in [-0.2, 0) is 25.4 Å². The summed E-state index contributed by atoms with van der Waals surface area (Å²) in [4.78, 5) is -0.0851. The zero-order valence-electron chi connectivity index (χ0n) is 15.4. The lowest BCUT2D eigenvalue weighted by Crippen LogP contribution is -2.43. The van der Waals surface area contributed by atoms with Gasteiger partial charge in [-0.05, 0) is 38.8 Å². The molecule has 7 nitrogen and oxygen atoms in total. The molecule has 2 N–H and O–H groups in total. The maximum atomic E-state index is 10.8. The number of ether oxygens (including phenoxy) is 2. The molecule has 142 valence electrons. The van der Waals surface area contributed by atoms with Gasteiger partial charge in [0.05, 0.1) is 18.1 Å². The Morgan fingerprint density at radius 1 is 1.08 bits per heavy atom. The van der Waals surface area contributed by atoms with Crippen molar-refractivity contribution in [3.05, 3.63) is 58.9 Å². The standard InChI is InChI=1S/C9H13N2O2.C9H12O3S/c1-9(12-6-7-13-9)8-2-4-11(10)5-3-8;1-6-4-7(2)9(8(3)5-6)13(10,11)12/h2-5H,6-7,10H2,1H3;4-5H,1-3H3,(H,10,11,12)/q+1;/p-1. The van der Waals surface area contributed by atoms with Crippen LogP contribution in [0.5, 0.6) is 0 Å². The van der Waals surface area contributed by atoms with Crippen LogP contribution >= 0.6 is 0 Å². The molecule has 1 aliphatic rings. The molecular weight excluding hydrogens is 356 g/mol. The number of nitrogens with zero attached hydrogens (tertiary/aromatic N) is 1. The quantitative estimate of drug-likeness (QED) is 0.480.